The normalized spacial score (nSPS) is 15.3. The number of benzene rings is 3. The molecule has 4 rings (SSSR count). The molecule has 0 bridgehead atoms. The highest BCUT2D eigenvalue weighted by atomic mass is 32.2. The molecule has 1 fully saturated rings. The van der Waals surface area contributed by atoms with E-state index in [4.69, 9.17) is 28.4 Å². The van der Waals surface area contributed by atoms with Gasteiger partial charge in [-0.2, -0.15) is 4.31 Å². The van der Waals surface area contributed by atoms with E-state index in [-0.39, 0.29) is 17.9 Å². The van der Waals surface area contributed by atoms with Crippen LogP contribution in [-0.2, 0) is 51.6 Å². The number of hydrogen-bond donors (Lipinski definition) is 2. The molecule has 14 heteroatoms. The highest BCUT2D eigenvalue weighted by Crippen LogP contribution is 2.40. The summed E-state index contributed by atoms with van der Waals surface area (Å²) in [6.07, 6.45) is 0.294. The quantitative estimate of drug-likeness (QED) is 0.157. The Balaban J connectivity index is 1.35. The Bertz CT molecular complexity index is 1590. The van der Waals surface area contributed by atoms with Crippen molar-refractivity contribution in [1.29, 1.82) is 0 Å². The number of methoxy groups -OCH3 is 3. The minimum absolute atomic E-state index is 0.00535. The van der Waals surface area contributed by atoms with Crippen LogP contribution in [0.1, 0.15) is 17.5 Å². The number of carboxylic acids is 1. The Kier molecular flexibility index (Phi) is 14.4. The molecule has 0 saturated carbocycles. The predicted octanol–water partition coefficient (Wildman–Crippen LogP) is 3.14. The third kappa shape index (κ3) is 10.2. The molecule has 1 unspecified atom stereocenters. The summed E-state index contributed by atoms with van der Waals surface area (Å²) in [5.74, 6) is -0.735. The van der Waals surface area contributed by atoms with Crippen LogP contribution in [0.25, 0.3) is 11.1 Å². The standard InChI is InChI=1S/C35H44N2O11S/c1-43-15-16-46-17-18-47-19-20-48-24-26-22-31(44-2)33(32(23-26)45-3)27-11-9-25(10-12-27)21-29(35(39)40)36-34(38)30-13-14-37(30)49(41,42)28-7-5-4-6-8-28/h4-12,22-23,29-30H,13-21,24H2,1-3H3,(H,36,38)(H,39,40)/t29?,30-/m0/s1. The van der Waals surface area contributed by atoms with Crippen molar-refractivity contribution in [2.24, 2.45) is 0 Å². The molecule has 2 N–H and O–H groups in total. The maximum absolute atomic E-state index is 13.1. The Morgan fingerprint density at radius 3 is 1.96 bits per heavy atom. The fourth-order valence-electron chi connectivity index (χ4n) is 5.26. The third-order valence-electron chi connectivity index (χ3n) is 7.93. The minimum atomic E-state index is -3.88. The average molecular weight is 701 g/mol. The van der Waals surface area contributed by atoms with Crippen molar-refractivity contribution in [3.63, 3.8) is 0 Å². The zero-order chi connectivity index (χ0) is 35.2. The van der Waals surface area contributed by atoms with Gasteiger partial charge in [-0.1, -0.05) is 42.5 Å². The maximum atomic E-state index is 13.1. The van der Waals surface area contributed by atoms with E-state index in [1.165, 1.54) is 12.1 Å². The first-order valence-electron chi connectivity index (χ1n) is 15.9. The molecule has 1 amide bonds. The van der Waals surface area contributed by atoms with Gasteiger partial charge < -0.3 is 38.8 Å². The van der Waals surface area contributed by atoms with Gasteiger partial charge in [-0.3, -0.25) is 4.79 Å². The first kappa shape index (κ1) is 37.8. The van der Waals surface area contributed by atoms with E-state index < -0.39 is 34.0 Å². The van der Waals surface area contributed by atoms with Gasteiger partial charge in [0.15, 0.2) is 0 Å². The topological polar surface area (TPSA) is 159 Å². The maximum Gasteiger partial charge on any atom is 0.326 e. The number of amides is 1. The van der Waals surface area contributed by atoms with Gasteiger partial charge in [0.05, 0.1) is 70.9 Å². The fourth-order valence-corrected chi connectivity index (χ4v) is 6.91. The van der Waals surface area contributed by atoms with Gasteiger partial charge in [-0.25, -0.2) is 13.2 Å². The summed E-state index contributed by atoms with van der Waals surface area (Å²) < 4.78 is 60.1. The van der Waals surface area contributed by atoms with Gasteiger partial charge in [-0.15, -0.1) is 0 Å². The number of carbonyl (C=O) groups is 2. The SMILES string of the molecule is COCCOCCOCCOCc1cc(OC)c(-c2ccc(CC(NC(=O)[C@@H]3CCN3S(=O)(=O)c3ccccc3)C(=O)O)cc2)c(OC)c1. The van der Waals surface area contributed by atoms with Crippen molar-refractivity contribution in [3.05, 3.63) is 77.9 Å². The van der Waals surface area contributed by atoms with Crippen LogP contribution < -0.4 is 14.8 Å². The van der Waals surface area contributed by atoms with E-state index in [1.807, 2.05) is 24.3 Å². The number of carbonyl (C=O) groups excluding carboxylic acids is 1. The van der Waals surface area contributed by atoms with E-state index in [9.17, 15) is 23.1 Å². The number of sulfonamides is 1. The summed E-state index contributed by atoms with van der Waals surface area (Å²) in [7, 11) is 0.866. The van der Waals surface area contributed by atoms with Gasteiger partial charge in [0.2, 0.25) is 15.9 Å². The lowest BCUT2D eigenvalue weighted by atomic mass is 9.97. The molecule has 0 aliphatic carbocycles. The second kappa shape index (κ2) is 18.6. The van der Waals surface area contributed by atoms with Crippen LogP contribution >= 0.6 is 0 Å². The van der Waals surface area contributed by atoms with Gasteiger partial charge >= 0.3 is 5.97 Å². The van der Waals surface area contributed by atoms with Gasteiger partial charge in [0.25, 0.3) is 0 Å². The van der Waals surface area contributed by atoms with E-state index in [0.29, 0.717) is 75.3 Å². The zero-order valence-corrected chi connectivity index (χ0v) is 28.8. The molecule has 0 spiro atoms. The summed E-state index contributed by atoms with van der Waals surface area (Å²) in [5, 5.41) is 12.4. The summed E-state index contributed by atoms with van der Waals surface area (Å²) in [5.41, 5.74) is 2.99. The number of nitrogens with zero attached hydrogens (tertiary/aromatic N) is 1. The lowest BCUT2D eigenvalue weighted by Gasteiger charge is -2.38. The molecule has 1 saturated heterocycles. The first-order valence-corrected chi connectivity index (χ1v) is 17.3. The number of carboxylic acid groups (broad SMARTS) is 1. The van der Waals surface area contributed by atoms with Crippen LogP contribution in [0.5, 0.6) is 11.5 Å². The van der Waals surface area contributed by atoms with Gasteiger partial charge in [0, 0.05) is 20.1 Å². The van der Waals surface area contributed by atoms with E-state index in [2.05, 4.69) is 5.32 Å². The molecule has 2 atom stereocenters. The lowest BCUT2D eigenvalue weighted by molar-refractivity contribution is -0.143. The molecular formula is C35H44N2O11S. The minimum Gasteiger partial charge on any atom is -0.496 e. The Morgan fingerprint density at radius 1 is 0.837 bits per heavy atom. The summed E-state index contributed by atoms with van der Waals surface area (Å²) in [4.78, 5) is 25.3. The van der Waals surface area contributed by atoms with Gasteiger partial charge in [-0.05, 0) is 47.4 Å². The van der Waals surface area contributed by atoms with Crippen LogP contribution in [0.4, 0.5) is 0 Å². The average Bonchev–Trinajstić information content (AvgIpc) is 3.08. The summed E-state index contributed by atoms with van der Waals surface area (Å²) in [6.45, 7) is 3.34. The van der Waals surface area contributed by atoms with Crippen LogP contribution in [-0.4, -0.2) is 109 Å². The number of rotatable bonds is 21. The first-order chi connectivity index (χ1) is 23.7. The molecule has 3 aromatic rings. The van der Waals surface area contributed by atoms with Crippen molar-refractivity contribution in [1.82, 2.24) is 9.62 Å². The summed E-state index contributed by atoms with van der Waals surface area (Å²) in [6, 6.07) is 16.5. The van der Waals surface area contributed by atoms with Crippen molar-refractivity contribution >= 4 is 21.9 Å². The molecule has 0 aromatic heterocycles. The molecule has 266 valence electrons. The van der Waals surface area contributed by atoms with Crippen LogP contribution in [0.15, 0.2) is 71.6 Å². The molecule has 1 aliphatic rings. The Morgan fingerprint density at radius 2 is 1.43 bits per heavy atom. The number of nitrogens with one attached hydrogen (secondary N) is 1. The number of aliphatic carboxylic acids is 1. The molecule has 0 radical (unpaired) electrons. The van der Waals surface area contributed by atoms with Crippen molar-refractivity contribution in [3.8, 4) is 22.6 Å². The molecule has 1 heterocycles. The summed E-state index contributed by atoms with van der Waals surface area (Å²) >= 11 is 0. The largest absolute Gasteiger partial charge is 0.496 e. The monoisotopic (exact) mass is 700 g/mol. The van der Waals surface area contributed by atoms with Crippen LogP contribution in [0.2, 0.25) is 0 Å². The number of hydrogen-bond acceptors (Lipinski definition) is 10. The molecule has 1 aliphatic heterocycles. The molecule has 13 nitrogen and oxygen atoms in total. The van der Waals surface area contributed by atoms with Crippen molar-refractivity contribution in [2.75, 3.05) is 67.5 Å². The third-order valence-corrected chi connectivity index (χ3v) is 9.85. The fraction of sp³-hybridized carbons (Fsp3) is 0.429. The van der Waals surface area contributed by atoms with E-state index in [0.717, 1.165) is 15.4 Å². The zero-order valence-electron chi connectivity index (χ0n) is 28.0. The Labute approximate surface area is 287 Å². The molecule has 3 aromatic carbocycles. The van der Waals surface area contributed by atoms with Gasteiger partial charge in [0.1, 0.15) is 23.6 Å². The number of ether oxygens (including phenoxy) is 6. The lowest BCUT2D eigenvalue weighted by Crippen LogP contribution is -2.60. The second-order valence-corrected chi connectivity index (χ2v) is 13.1. The predicted molar refractivity (Wildman–Crippen MR) is 180 cm³/mol. The smallest absolute Gasteiger partial charge is 0.326 e. The van der Waals surface area contributed by atoms with E-state index in [1.54, 1.807) is 51.7 Å². The molecule has 49 heavy (non-hydrogen) atoms. The highest BCUT2D eigenvalue weighted by molar-refractivity contribution is 7.89. The Hall–Kier alpha value is -4.05. The van der Waals surface area contributed by atoms with Crippen LogP contribution in [0, 0.1) is 0 Å². The van der Waals surface area contributed by atoms with E-state index >= 15 is 0 Å². The molecular weight excluding hydrogens is 656 g/mol. The highest BCUT2D eigenvalue weighted by Gasteiger charge is 2.43. The van der Waals surface area contributed by atoms with Crippen molar-refractivity contribution in [2.45, 2.75) is 36.4 Å². The van der Waals surface area contributed by atoms with Crippen LogP contribution in [0.3, 0.4) is 0 Å². The second-order valence-electron chi connectivity index (χ2n) is 11.2. The van der Waals surface area contributed by atoms with Crippen molar-refractivity contribution < 1.29 is 51.5 Å².